The van der Waals surface area contributed by atoms with Gasteiger partial charge in [-0.2, -0.15) is 0 Å². The molecule has 136 valence electrons. The molecule has 0 aromatic heterocycles. The highest BCUT2D eigenvalue weighted by molar-refractivity contribution is 5.99. The van der Waals surface area contributed by atoms with Crippen molar-refractivity contribution in [2.75, 3.05) is 13.7 Å². The standard InChI is InChI=1S/C17H27N3O3.ClH/c1-11(2)15(17(22)19-10-9-12(3)18)20-16(21)13-7-5-6-8-14(13)23-4;/h5-8,11-12,15H,9-10,18H2,1-4H3,(H,19,22)(H,20,21);1H. The van der Waals surface area contributed by atoms with Crippen molar-refractivity contribution in [3.63, 3.8) is 0 Å². The van der Waals surface area contributed by atoms with Crippen LogP contribution in [0.1, 0.15) is 37.6 Å². The van der Waals surface area contributed by atoms with Crippen LogP contribution >= 0.6 is 12.4 Å². The lowest BCUT2D eigenvalue weighted by atomic mass is 10.0. The molecule has 0 heterocycles. The van der Waals surface area contributed by atoms with E-state index in [0.29, 0.717) is 24.3 Å². The Morgan fingerprint density at radius 3 is 2.38 bits per heavy atom. The maximum absolute atomic E-state index is 12.4. The molecule has 2 amide bonds. The van der Waals surface area contributed by atoms with Gasteiger partial charge in [0, 0.05) is 12.6 Å². The van der Waals surface area contributed by atoms with Crippen molar-refractivity contribution in [3.05, 3.63) is 29.8 Å². The van der Waals surface area contributed by atoms with Gasteiger partial charge in [-0.05, 0) is 31.4 Å². The van der Waals surface area contributed by atoms with Gasteiger partial charge >= 0.3 is 0 Å². The van der Waals surface area contributed by atoms with Crippen molar-refractivity contribution < 1.29 is 14.3 Å². The van der Waals surface area contributed by atoms with E-state index in [9.17, 15) is 9.59 Å². The van der Waals surface area contributed by atoms with Crippen molar-refractivity contribution >= 4 is 24.2 Å². The minimum Gasteiger partial charge on any atom is -0.496 e. The molecule has 6 nitrogen and oxygen atoms in total. The minimum atomic E-state index is -0.611. The lowest BCUT2D eigenvalue weighted by Gasteiger charge is -2.22. The molecule has 1 aromatic carbocycles. The number of benzene rings is 1. The summed E-state index contributed by atoms with van der Waals surface area (Å²) in [6, 6.07) is 6.33. The number of methoxy groups -OCH3 is 1. The molecule has 1 aromatic rings. The number of para-hydroxylation sites is 1. The fourth-order valence-corrected chi connectivity index (χ4v) is 2.12. The van der Waals surface area contributed by atoms with Gasteiger partial charge in [0.2, 0.25) is 5.91 Å². The molecule has 0 bridgehead atoms. The topological polar surface area (TPSA) is 93.4 Å². The van der Waals surface area contributed by atoms with Crippen molar-refractivity contribution in [1.82, 2.24) is 10.6 Å². The molecule has 1 rings (SSSR count). The molecule has 4 N–H and O–H groups in total. The van der Waals surface area contributed by atoms with Gasteiger partial charge in [0.25, 0.3) is 5.91 Å². The zero-order valence-electron chi connectivity index (χ0n) is 14.7. The number of nitrogens with two attached hydrogens (primary N) is 1. The highest BCUT2D eigenvalue weighted by Gasteiger charge is 2.25. The van der Waals surface area contributed by atoms with E-state index in [4.69, 9.17) is 10.5 Å². The van der Waals surface area contributed by atoms with Crippen LogP contribution in [0.3, 0.4) is 0 Å². The molecule has 7 heteroatoms. The minimum absolute atomic E-state index is 0. The van der Waals surface area contributed by atoms with E-state index in [1.807, 2.05) is 20.8 Å². The average molecular weight is 358 g/mol. The SMILES string of the molecule is COc1ccccc1C(=O)NC(C(=O)NCCC(C)N)C(C)C.Cl. The quantitative estimate of drug-likeness (QED) is 0.660. The summed E-state index contributed by atoms with van der Waals surface area (Å²) < 4.78 is 5.18. The number of halogens is 1. The Balaban J connectivity index is 0.00000529. The van der Waals surface area contributed by atoms with Crippen LogP contribution in [-0.2, 0) is 4.79 Å². The number of hydrogen-bond acceptors (Lipinski definition) is 4. The van der Waals surface area contributed by atoms with Crippen LogP contribution < -0.4 is 21.1 Å². The second-order valence-electron chi connectivity index (χ2n) is 5.95. The average Bonchev–Trinajstić information content (AvgIpc) is 2.51. The number of carbonyl (C=O) groups excluding carboxylic acids is 2. The molecule has 0 saturated carbocycles. The number of carbonyl (C=O) groups is 2. The zero-order chi connectivity index (χ0) is 17.4. The van der Waals surface area contributed by atoms with Crippen LogP contribution in [0, 0.1) is 5.92 Å². The maximum Gasteiger partial charge on any atom is 0.255 e. The maximum atomic E-state index is 12.4. The van der Waals surface area contributed by atoms with Gasteiger partial charge in [-0.25, -0.2) is 0 Å². The van der Waals surface area contributed by atoms with Crippen LogP contribution in [-0.4, -0.2) is 37.6 Å². The van der Waals surface area contributed by atoms with E-state index < -0.39 is 6.04 Å². The summed E-state index contributed by atoms with van der Waals surface area (Å²) in [4.78, 5) is 24.7. The van der Waals surface area contributed by atoms with Gasteiger partial charge in [0.1, 0.15) is 11.8 Å². The summed E-state index contributed by atoms with van der Waals surface area (Å²) in [6.45, 7) is 6.15. The highest BCUT2D eigenvalue weighted by Crippen LogP contribution is 2.17. The van der Waals surface area contributed by atoms with Crippen LogP contribution in [0.4, 0.5) is 0 Å². The molecule has 2 unspecified atom stereocenters. The summed E-state index contributed by atoms with van der Waals surface area (Å²) in [6.07, 6.45) is 0.691. The molecule has 0 spiro atoms. The number of nitrogens with one attached hydrogen (secondary N) is 2. The third-order valence-electron chi connectivity index (χ3n) is 3.49. The summed E-state index contributed by atoms with van der Waals surface area (Å²) in [5.74, 6) is -0.0961. The first-order valence-corrected chi connectivity index (χ1v) is 7.84. The Morgan fingerprint density at radius 1 is 1.21 bits per heavy atom. The predicted octanol–water partition coefficient (Wildman–Crippen LogP) is 1.72. The van der Waals surface area contributed by atoms with E-state index >= 15 is 0 Å². The monoisotopic (exact) mass is 357 g/mol. The molecule has 2 atom stereocenters. The van der Waals surface area contributed by atoms with E-state index in [1.165, 1.54) is 7.11 Å². The third kappa shape index (κ3) is 6.76. The highest BCUT2D eigenvalue weighted by atomic mass is 35.5. The van der Waals surface area contributed by atoms with Gasteiger partial charge in [-0.3, -0.25) is 9.59 Å². The Labute approximate surface area is 149 Å². The van der Waals surface area contributed by atoms with Crippen LogP contribution in [0.2, 0.25) is 0 Å². The lowest BCUT2D eigenvalue weighted by Crippen LogP contribution is -2.50. The van der Waals surface area contributed by atoms with Crippen molar-refractivity contribution in [1.29, 1.82) is 0 Å². The molecule has 0 fully saturated rings. The van der Waals surface area contributed by atoms with E-state index in [2.05, 4.69) is 10.6 Å². The number of rotatable bonds is 8. The molecule has 0 radical (unpaired) electrons. The Bertz CT molecular complexity index is 536. The summed E-state index contributed by atoms with van der Waals surface area (Å²) >= 11 is 0. The number of hydrogen-bond donors (Lipinski definition) is 3. The zero-order valence-corrected chi connectivity index (χ0v) is 15.5. The second kappa shape index (κ2) is 10.9. The van der Waals surface area contributed by atoms with Gasteiger partial charge in [-0.1, -0.05) is 26.0 Å². The van der Waals surface area contributed by atoms with Gasteiger partial charge in [0.05, 0.1) is 12.7 Å². The Hall–Kier alpha value is -1.79. The molecule has 0 aliphatic rings. The first-order valence-electron chi connectivity index (χ1n) is 7.84. The number of amides is 2. The smallest absolute Gasteiger partial charge is 0.255 e. The first-order chi connectivity index (χ1) is 10.9. The largest absolute Gasteiger partial charge is 0.496 e. The normalized spacial score (nSPS) is 12.8. The van der Waals surface area contributed by atoms with Crippen LogP contribution in [0.5, 0.6) is 5.75 Å². The molecule has 24 heavy (non-hydrogen) atoms. The molecular formula is C17H28ClN3O3. The van der Waals surface area contributed by atoms with Crippen LogP contribution in [0.25, 0.3) is 0 Å². The van der Waals surface area contributed by atoms with Crippen molar-refractivity contribution in [3.8, 4) is 5.75 Å². The molecular weight excluding hydrogens is 330 g/mol. The van der Waals surface area contributed by atoms with Crippen LogP contribution in [0.15, 0.2) is 24.3 Å². The van der Waals surface area contributed by atoms with E-state index in [1.54, 1.807) is 24.3 Å². The van der Waals surface area contributed by atoms with Crippen molar-refractivity contribution in [2.24, 2.45) is 11.7 Å². The predicted molar refractivity (Wildman–Crippen MR) is 97.6 cm³/mol. The Morgan fingerprint density at radius 2 is 1.83 bits per heavy atom. The number of ether oxygens (including phenoxy) is 1. The summed E-state index contributed by atoms with van der Waals surface area (Å²) in [5.41, 5.74) is 6.07. The van der Waals surface area contributed by atoms with Gasteiger partial charge < -0.3 is 21.1 Å². The molecule has 0 saturated heterocycles. The third-order valence-corrected chi connectivity index (χ3v) is 3.49. The lowest BCUT2D eigenvalue weighted by molar-refractivity contribution is -0.123. The molecule has 0 aliphatic heterocycles. The van der Waals surface area contributed by atoms with Crippen molar-refractivity contribution in [2.45, 2.75) is 39.3 Å². The first kappa shape index (κ1) is 22.2. The fourth-order valence-electron chi connectivity index (χ4n) is 2.12. The van der Waals surface area contributed by atoms with E-state index in [0.717, 1.165) is 0 Å². The second-order valence-corrected chi connectivity index (χ2v) is 5.95. The summed E-state index contributed by atoms with van der Waals surface area (Å²) in [5, 5.41) is 5.60. The van der Waals surface area contributed by atoms with E-state index in [-0.39, 0.29) is 36.2 Å². The molecule has 0 aliphatic carbocycles. The summed E-state index contributed by atoms with van der Waals surface area (Å²) in [7, 11) is 1.51. The van der Waals surface area contributed by atoms with Gasteiger partial charge in [-0.15, -0.1) is 12.4 Å². The Kier molecular flexibility index (Phi) is 10.1. The van der Waals surface area contributed by atoms with Gasteiger partial charge in [0.15, 0.2) is 0 Å². The fraction of sp³-hybridized carbons (Fsp3) is 0.529.